The number of aliphatic hydroxyl groups is 2. The van der Waals surface area contributed by atoms with E-state index in [0.717, 1.165) is 11.1 Å². The Hall–Kier alpha value is -4.75. The van der Waals surface area contributed by atoms with E-state index < -0.39 is 42.3 Å². The van der Waals surface area contributed by atoms with Crippen LogP contribution in [0.15, 0.2) is 71.8 Å². The number of aliphatic hydroxyl groups excluding tert-OH is 2. The molecule has 0 bridgehead atoms. The summed E-state index contributed by atoms with van der Waals surface area (Å²) in [6.07, 6.45) is 0.881. The molecule has 0 aliphatic carbocycles. The summed E-state index contributed by atoms with van der Waals surface area (Å²) in [5, 5.41) is 22.9. The van der Waals surface area contributed by atoms with Crippen LogP contribution in [0.1, 0.15) is 17.5 Å². The molecule has 4 rings (SSSR count). The lowest BCUT2D eigenvalue weighted by molar-refractivity contribution is -0.152. The number of fused-ring (bicyclic) bond motifs is 1. The van der Waals surface area contributed by atoms with Gasteiger partial charge >= 0.3 is 12.1 Å². The van der Waals surface area contributed by atoms with Gasteiger partial charge in [-0.25, -0.2) is 14.6 Å². The van der Waals surface area contributed by atoms with E-state index in [1.165, 1.54) is 6.33 Å². The fraction of sp³-hybridized carbons (Fsp3) is 0.321. The standard InChI is InChI=1S/C28H32N6O7/c29-26-32-23-22(24(37)33-26)30-18-34(23)12-11-28(15-35,16-36)17-41-25(38)21(13-19-7-3-1-4-8-19)31-27(39)40-14-20-9-5-2-6-10-20/h1-10,18,21,35-36H,11-17H2,(H,31,39)(H3,29,32,33,37)/t21-/m0/s1. The van der Waals surface area contributed by atoms with Gasteiger partial charge in [0.2, 0.25) is 5.95 Å². The third-order valence-electron chi connectivity index (χ3n) is 6.64. The third-order valence-corrected chi connectivity index (χ3v) is 6.64. The number of benzene rings is 2. The van der Waals surface area contributed by atoms with Crippen molar-refractivity contribution in [2.75, 3.05) is 25.6 Å². The van der Waals surface area contributed by atoms with Crippen LogP contribution in [0.5, 0.6) is 0 Å². The summed E-state index contributed by atoms with van der Waals surface area (Å²) in [5.74, 6) is -0.834. The summed E-state index contributed by atoms with van der Waals surface area (Å²) in [5.41, 5.74) is 5.83. The zero-order valence-electron chi connectivity index (χ0n) is 22.2. The molecule has 4 aromatic rings. The molecule has 13 nitrogen and oxygen atoms in total. The molecule has 0 aliphatic heterocycles. The lowest BCUT2D eigenvalue weighted by Gasteiger charge is -2.30. The third kappa shape index (κ3) is 7.68. The second-order valence-corrected chi connectivity index (χ2v) is 9.68. The van der Waals surface area contributed by atoms with Crippen molar-refractivity contribution in [3.8, 4) is 0 Å². The van der Waals surface area contributed by atoms with Crippen molar-refractivity contribution in [1.29, 1.82) is 0 Å². The first-order valence-electron chi connectivity index (χ1n) is 12.9. The number of carbonyl (C=O) groups is 2. The fourth-order valence-corrected chi connectivity index (χ4v) is 4.14. The number of aromatic nitrogens is 4. The van der Waals surface area contributed by atoms with Crippen molar-refractivity contribution in [1.82, 2.24) is 24.8 Å². The Morgan fingerprint density at radius 2 is 1.68 bits per heavy atom. The highest BCUT2D eigenvalue weighted by Crippen LogP contribution is 2.24. The first kappa shape index (κ1) is 29.2. The minimum Gasteiger partial charge on any atom is -0.463 e. The highest BCUT2D eigenvalue weighted by molar-refractivity contribution is 5.81. The van der Waals surface area contributed by atoms with Gasteiger partial charge in [0, 0.05) is 13.0 Å². The number of nitrogen functional groups attached to an aromatic ring is 1. The molecular weight excluding hydrogens is 532 g/mol. The number of ether oxygens (including phenoxy) is 2. The van der Waals surface area contributed by atoms with Gasteiger partial charge in [0.1, 0.15) is 19.3 Å². The van der Waals surface area contributed by atoms with Crippen molar-refractivity contribution in [3.05, 3.63) is 88.5 Å². The van der Waals surface area contributed by atoms with Gasteiger partial charge in [-0.05, 0) is 17.5 Å². The van der Waals surface area contributed by atoms with Crippen molar-refractivity contribution < 1.29 is 29.3 Å². The first-order chi connectivity index (χ1) is 19.8. The molecule has 0 radical (unpaired) electrons. The number of imidazole rings is 1. The summed E-state index contributed by atoms with van der Waals surface area (Å²) in [6, 6.07) is 17.1. The van der Waals surface area contributed by atoms with Gasteiger partial charge < -0.3 is 35.3 Å². The minimum atomic E-state index is -1.23. The van der Waals surface area contributed by atoms with Crippen LogP contribution >= 0.6 is 0 Å². The largest absolute Gasteiger partial charge is 0.463 e. The van der Waals surface area contributed by atoms with E-state index in [-0.39, 0.29) is 49.7 Å². The highest BCUT2D eigenvalue weighted by Gasteiger charge is 2.33. The summed E-state index contributed by atoms with van der Waals surface area (Å²) in [7, 11) is 0. The van der Waals surface area contributed by atoms with Gasteiger partial charge in [-0.2, -0.15) is 4.98 Å². The maximum Gasteiger partial charge on any atom is 0.408 e. The Balaban J connectivity index is 1.42. The molecule has 216 valence electrons. The van der Waals surface area contributed by atoms with Crippen LogP contribution in [0.4, 0.5) is 10.7 Å². The Kier molecular flexibility index (Phi) is 9.66. The van der Waals surface area contributed by atoms with Gasteiger partial charge in [0.25, 0.3) is 5.56 Å². The van der Waals surface area contributed by atoms with Crippen LogP contribution in [-0.2, 0) is 33.8 Å². The van der Waals surface area contributed by atoms with Crippen molar-refractivity contribution in [3.63, 3.8) is 0 Å². The molecule has 2 aromatic carbocycles. The van der Waals surface area contributed by atoms with Crippen molar-refractivity contribution in [2.45, 2.75) is 32.0 Å². The van der Waals surface area contributed by atoms with E-state index in [4.69, 9.17) is 15.2 Å². The van der Waals surface area contributed by atoms with Crippen LogP contribution in [-0.4, -0.2) is 67.7 Å². The molecular formula is C28H32N6O7. The number of nitrogens with zero attached hydrogens (tertiary/aromatic N) is 3. The van der Waals surface area contributed by atoms with Crippen LogP contribution in [0, 0.1) is 5.41 Å². The fourth-order valence-electron chi connectivity index (χ4n) is 4.14. The number of aromatic amines is 1. The van der Waals surface area contributed by atoms with Crippen molar-refractivity contribution in [2.24, 2.45) is 5.41 Å². The van der Waals surface area contributed by atoms with E-state index in [0.29, 0.717) is 0 Å². The number of nitrogens with one attached hydrogen (secondary N) is 2. The maximum absolute atomic E-state index is 13.2. The summed E-state index contributed by atoms with van der Waals surface area (Å²) in [4.78, 5) is 48.3. The smallest absolute Gasteiger partial charge is 0.408 e. The van der Waals surface area contributed by atoms with Gasteiger partial charge in [0.05, 0.1) is 25.0 Å². The van der Waals surface area contributed by atoms with E-state index in [1.54, 1.807) is 4.57 Å². The molecule has 2 aromatic heterocycles. The molecule has 0 spiro atoms. The van der Waals surface area contributed by atoms with Crippen LogP contribution in [0.3, 0.4) is 0 Å². The molecule has 2 heterocycles. The number of hydrogen-bond acceptors (Lipinski definition) is 10. The topological polar surface area (TPSA) is 195 Å². The van der Waals surface area contributed by atoms with Gasteiger partial charge in [-0.3, -0.25) is 9.78 Å². The summed E-state index contributed by atoms with van der Waals surface area (Å²) < 4.78 is 12.4. The molecule has 1 atom stereocenters. The Labute approximate surface area is 235 Å². The number of H-pyrrole nitrogens is 1. The molecule has 0 saturated carbocycles. The molecule has 13 heteroatoms. The first-order valence-corrected chi connectivity index (χ1v) is 12.9. The lowest BCUT2D eigenvalue weighted by atomic mass is 9.87. The number of anilines is 1. The second kappa shape index (κ2) is 13.5. The van der Waals surface area contributed by atoms with E-state index in [2.05, 4.69) is 20.3 Å². The zero-order valence-corrected chi connectivity index (χ0v) is 22.2. The van der Waals surface area contributed by atoms with Crippen LogP contribution in [0.2, 0.25) is 0 Å². The second-order valence-electron chi connectivity index (χ2n) is 9.68. The Morgan fingerprint density at radius 1 is 1.02 bits per heavy atom. The monoisotopic (exact) mass is 564 g/mol. The number of hydrogen-bond donors (Lipinski definition) is 5. The van der Waals surface area contributed by atoms with Crippen LogP contribution < -0.4 is 16.6 Å². The number of carbonyl (C=O) groups excluding carboxylic acids is 2. The molecule has 0 unspecified atom stereocenters. The molecule has 0 saturated heterocycles. The number of alkyl carbamates (subject to hydrolysis) is 1. The average Bonchev–Trinajstić information content (AvgIpc) is 3.40. The number of aryl methyl sites for hydroxylation is 1. The zero-order chi connectivity index (χ0) is 29.2. The SMILES string of the molecule is Nc1nc2c(ncn2CCC(CO)(CO)COC(=O)[C@H](Cc2ccccc2)NC(=O)OCc2ccccc2)c(=O)[nH]1. The summed E-state index contributed by atoms with van der Waals surface area (Å²) >= 11 is 0. The number of rotatable bonds is 13. The van der Waals surface area contributed by atoms with Gasteiger partial charge in [0.15, 0.2) is 11.2 Å². The summed E-state index contributed by atoms with van der Waals surface area (Å²) in [6.45, 7) is -1.14. The predicted octanol–water partition coefficient (Wildman–Crippen LogP) is 1.14. The Morgan fingerprint density at radius 3 is 2.34 bits per heavy atom. The highest BCUT2D eigenvalue weighted by atomic mass is 16.6. The number of esters is 1. The lowest BCUT2D eigenvalue weighted by Crippen LogP contribution is -2.45. The molecule has 0 fully saturated rings. The molecule has 0 aliphatic rings. The molecule has 6 N–H and O–H groups in total. The average molecular weight is 565 g/mol. The maximum atomic E-state index is 13.2. The molecule has 41 heavy (non-hydrogen) atoms. The van der Waals surface area contributed by atoms with E-state index >= 15 is 0 Å². The quantitative estimate of drug-likeness (QED) is 0.147. The molecule has 1 amide bonds. The number of nitrogens with two attached hydrogens (primary N) is 1. The van der Waals surface area contributed by atoms with Crippen molar-refractivity contribution >= 4 is 29.2 Å². The Bertz CT molecular complexity index is 1500. The van der Waals surface area contributed by atoms with Crippen LogP contribution in [0.25, 0.3) is 11.2 Å². The van der Waals surface area contributed by atoms with Gasteiger partial charge in [-0.15, -0.1) is 0 Å². The van der Waals surface area contributed by atoms with Gasteiger partial charge in [-0.1, -0.05) is 60.7 Å². The van der Waals surface area contributed by atoms with E-state index in [9.17, 15) is 24.6 Å². The number of amides is 1. The van der Waals surface area contributed by atoms with E-state index in [1.807, 2.05) is 60.7 Å². The minimum absolute atomic E-state index is 0.0211. The predicted molar refractivity (Wildman–Crippen MR) is 148 cm³/mol. The normalized spacial score (nSPS) is 12.1.